The molecule has 0 unspecified atom stereocenters. The third kappa shape index (κ3) is 2.23. The summed E-state index contributed by atoms with van der Waals surface area (Å²) in [7, 11) is 0. The lowest BCUT2D eigenvalue weighted by Gasteiger charge is -2.56. The van der Waals surface area contributed by atoms with Crippen LogP contribution < -0.4 is 0 Å². The Kier molecular flexibility index (Phi) is 3.41. The molecule has 4 aliphatic rings. The van der Waals surface area contributed by atoms with Gasteiger partial charge in [-0.3, -0.25) is 4.79 Å². The number of aliphatic hydroxyl groups is 1. The molecule has 1 aromatic rings. The molecular formula is C20H26O2. The first-order valence-corrected chi connectivity index (χ1v) is 8.85. The second-order valence-corrected chi connectivity index (χ2v) is 8.21. The summed E-state index contributed by atoms with van der Waals surface area (Å²) in [6.07, 6.45) is 6.64. The Hall–Kier alpha value is -1.15. The molecule has 4 bridgehead atoms. The molecule has 0 saturated heterocycles. The van der Waals surface area contributed by atoms with Crippen LogP contribution in [0.5, 0.6) is 0 Å². The number of rotatable bonds is 4. The molecule has 0 amide bonds. The first-order valence-electron chi connectivity index (χ1n) is 8.85. The molecule has 1 N–H and O–H groups in total. The monoisotopic (exact) mass is 298 g/mol. The van der Waals surface area contributed by atoms with Crippen molar-refractivity contribution in [2.24, 2.45) is 29.1 Å². The zero-order chi connectivity index (χ0) is 15.3. The highest BCUT2D eigenvalue weighted by atomic mass is 16.3. The molecule has 2 heteroatoms. The molecule has 0 spiro atoms. The van der Waals surface area contributed by atoms with E-state index in [9.17, 15) is 9.90 Å². The van der Waals surface area contributed by atoms with E-state index in [4.69, 9.17) is 0 Å². The van der Waals surface area contributed by atoms with Gasteiger partial charge in [-0.1, -0.05) is 37.3 Å². The van der Waals surface area contributed by atoms with Crippen LogP contribution in [0.1, 0.15) is 57.1 Å². The SMILES string of the molecule is C[C@H](C(=O)C12CC3CC(CC(C3)C1)C2)[C@H](O)c1ccccc1. The van der Waals surface area contributed by atoms with Crippen molar-refractivity contribution in [3.05, 3.63) is 35.9 Å². The van der Waals surface area contributed by atoms with Crippen LogP contribution >= 0.6 is 0 Å². The Morgan fingerprint density at radius 2 is 1.55 bits per heavy atom. The highest BCUT2D eigenvalue weighted by molar-refractivity contribution is 5.88. The second-order valence-electron chi connectivity index (χ2n) is 8.21. The Balaban J connectivity index is 1.56. The first kappa shape index (κ1) is 14.4. The van der Waals surface area contributed by atoms with Gasteiger partial charge in [0.15, 0.2) is 0 Å². The van der Waals surface area contributed by atoms with Gasteiger partial charge in [0.1, 0.15) is 5.78 Å². The van der Waals surface area contributed by atoms with E-state index in [0.29, 0.717) is 5.78 Å². The van der Waals surface area contributed by atoms with E-state index in [1.165, 1.54) is 19.3 Å². The molecule has 2 nitrogen and oxygen atoms in total. The van der Waals surface area contributed by atoms with Gasteiger partial charge >= 0.3 is 0 Å². The first-order chi connectivity index (χ1) is 10.6. The number of aliphatic hydroxyl groups excluding tert-OH is 1. The molecule has 4 saturated carbocycles. The Morgan fingerprint density at radius 3 is 2.05 bits per heavy atom. The van der Waals surface area contributed by atoms with Crippen molar-refractivity contribution < 1.29 is 9.90 Å². The van der Waals surface area contributed by atoms with Gasteiger partial charge in [-0.25, -0.2) is 0 Å². The van der Waals surface area contributed by atoms with Crippen LogP contribution in [0.15, 0.2) is 30.3 Å². The van der Waals surface area contributed by atoms with Crippen molar-refractivity contribution in [2.75, 3.05) is 0 Å². The van der Waals surface area contributed by atoms with E-state index in [0.717, 1.165) is 42.6 Å². The van der Waals surface area contributed by atoms with Crippen molar-refractivity contribution in [1.82, 2.24) is 0 Å². The largest absolute Gasteiger partial charge is 0.388 e. The standard InChI is InChI=1S/C20H26O2/c1-13(18(21)17-5-3-2-4-6-17)19(22)20-10-14-7-15(11-20)9-16(8-14)12-20/h2-6,13-16,18,21H,7-12H2,1H3/t13-,14?,15?,16?,18-,20?/m0/s1. The average Bonchev–Trinajstić information content (AvgIpc) is 2.52. The molecule has 118 valence electrons. The topological polar surface area (TPSA) is 37.3 Å². The smallest absolute Gasteiger partial charge is 0.144 e. The minimum absolute atomic E-state index is 0.107. The minimum Gasteiger partial charge on any atom is -0.388 e. The van der Waals surface area contributed by atoms with E-state index >= 15 is 0 Å². The Morgan fingerprint density at radius 1 is 1.05 bits per heavy atom. The van der Waals surface area contributed by atoms with E-state index in [1.54, 1.807) is 0 Å². The fraction of sp³-hybridized carbons (Fsp3) is 0.650. The fourth-order valence-corrected chi connectivity index (χ4v) is 5.98. The maximum atomic E-state index is 13.3. The van der Waals surface area contributed by atoms with Gasteiger partial charge in [-0.15, -0.1) is 0 Å². The van der Waals surface area contributed by atoms with Gasteiger partial charge in [-0.2, -0.15) is 0 Å². The molecule has 2 atom stereocenters. The number of benzene rings is 1. The Labute approximate surface area is 132 Å². The molecule has 0 radical (unpaired) electrons. The second kappa shape index (κ2) is 5.19. The van der Waals surface area contributed by atoms with Gasteiger partial charge < -0.3 is 5.11 Å². The lowest BCUT2D eigenvalue weighted by atomic mass is 9.47. The van der Waals surface area contributed by atoms with Crippen molar-refractivity contribution in [1.29, 1.82) is 0 Å². The van der Waals surface area contributed by atoms with Gasteiger partial charge in [0, 0.05) is 11.3 Å². The zero-order valence-electron chi connectivity index (χ0n) is 13.4. The molecule has 0 heterocycles. The summed E-state index contributed by atoms with van der Waals surface area (Å²) >= 11 is 0. The summed E-state index contributed by atoms with van der Waals surface area (Å²) in [4.78, 5) is 13.3. The number of hydrogen-bond donors (Lipinski definition) is 1. The highest BCUT2D eigenvalue weighted by Crippen LogP contribution is 2.61. The van der Waals surface area contributed by atoms with E-state index in [1.807, 2.05) is 37.3 Å². The number of hydrogen-bond acceptors (Lipinski definition) is 2. The number of carbonyl (C=O) groups excluding carboxylic acids is 1. The van der Waals surface area contributed by atoms with Crippen LogP contribution in [-0.2, 0) is 4.79 Å². The van der Waals surface area contributed by atoms with Crippen LogP contribution in [0.3, 0.4) is 0 Å². The summed E-state index contributed by atoms with van der Waals surface area (Å²) in [6, 6.07) is 9.66. The average molecular weight is 298 g/mol. The van der Waals surface area contributed by atoms with Gasteiger partial charge in [-0.05, 0) is 61.8 Å². The number of ketones is 1. The molecule has 4 aliphatic carbocycles. The molecule has 0 aliphatic heterocycles. The van der Waals surface area contributed by atoms with E-state index in [-0.39, 0.29) is 11.3 Å². The fourth-order valence-electron chi connectivity index (χ4n) is 5.98. The predicted molar refractivity (Wildman–Crippen MR) is 86.2 cm³/mol. The summed E-state index contributed by atoms with van der Waals surface area (Å²) < 4.78 is 0. The molecular weight excluding hydrogens is 272 g/mol. The number of carbonyl (C=O) groups is 1. The number of Topliss-reactive ketones (excluding diaryl/α,β-unsaturated/α-hetero) is 1. The highest BCUT2D eigenvalue weighted by Gasteiger charge is 2.55. The third-order valence-electron chi connectivity index (χ3n) is 6.59. The summed E-state index contributed by atoms with van der Waals surface area (Å²) in [5.74, 6) is 2.37. The van der Waals surface area contributed by atoms with Gasteiger partial charge in [0.05, 0.1) is 6.10 Å². The van der Waals surface area contributed by atoms with Crippen LogP contribution in [0.4, 0.5) is 0 Å². The van der Waals surface area contributed by atoms with Crippen molar-refractivity contribution in [3.8, 4) is 0 Å². The van der Waals surface area contributed by atoms with E-state index < -0.39 is 6.10 Å². The third-order valence-corrected chi connectivity index (χ3v) is 6.59. The lowest BCUT2D eigenvalue weighted by Crippen LogP contribution is -2.51. The van der Waals surface area contributed by atoms with E-state index in [2.05, 4.69) is 0 Å². The van der Waals surface area contributed by atoms with Crippen LogP contribution in [0, 0.1) is 29.1 Å². The van der Waals surface area contributed by atoms with Gasteiger partial charge in [0.2, 0.25) is 0 Å². The normalized spacial score (nSPS) is 38.7. The minimum atomic E-state index is -0.665. The van der Waals surface area contributed by atoms with Gasteiger partial charge in [0.25, 0.3) is 0 Å². The zero-order valence-corrected chi connectivity index (χ0v) is 13.4. The molecule has 4 fully saturated rings. The summed E-state index contributed by atoms with van der Waals surface area (Å²) in [5, 5.41) is 10.6. The summed E-state index contributed by atoms with van der Waals surface area (Å²) in [5.41, 5.74) is 0.761. The molecule has 0 aromatic heterocycles. The summed E-state index contributed by atoms with van der Waals surface area (Å²) in [6.45, 7) is 1.93. The van der Waals surface area contributed by atoms with Crippen LogP contribution in [0.25, 0.3) is 0 Å². The quantitative estimate of drug-likeness (QED) is 0.907. The van der Waals surface area contributed by atoms with Crippen molar-refractivity contribution in [2.45, 2.75) is 51.6 Å². The van der Waals surface area contributed by atoms with Crippen molar-refractivity contribution >= 4 is 5.78 Å². The van der Waals surface area contributed by atoms with Crippen LogP contribution in [0.2, 0.25) is 0 Å². The lowest BCUT2D eigenvalue weighted by molar-refractivity contribution is -0.151. The maximum Gasteiger partial charge on any atom is 0.144 e. The maximum absolute atomic E-state index is 13.3. The molecule has 1 aromatic carbocycles. The van der Waals surface area contributed by atoms with Crippen LogP contribution in [-0.4, -0.2) is 10.9 Å². The predicted octanol–water partition coefficient (Wildman–Crippen LogP) is 4.14. The van der Waals surface area contributed by atoms with Crippen molar-refractivity contribution in [3.63, 3.8) is 0 Å². The molecule has 5 rings (SSSR count). The molecule has 22 heavy (non-hydrogen) atoms. The Bertz CT molecular complexity index is 527.